The molecule has 0 atom stereocenters. The van der Waals surface area contributed by atoms with Gasteiger partial charge in [-0.25, -0.2) is 0 Å². The van der Waals surface area contributed by atoms with Gasteiger partial charge in [0.2, 0.25) is 0 Å². The van der Waals surface area contributed by atoms with Gasteiger partial charge in [-0.15, -0.1) is 0 Å². The molecule has 0 radical (unpaired) electrons. The van der Waals surface area contributed by atoms with Gasteiger partial charge in [-0.05, 0) is 0 Å². The van der Waals surface area contributed by atoms with Crippen molar-refractivity contribution < 1.29 is 0 Å². The van der Waals surface area contributed by atoms with E-state index in [1.54, 1.807) is 0 Å². The van der Waals surface area contributed by atoms with Crippen molar-refractivity contribution in [2.45, 2.75) is 0 Å². The molecule has 2 aliphatic heterocycles. The van der Waals surface area contributed by atoms with E-state index in [2.05, 4.69) is 252 Å². The van der Waals surface area contributed by atoms with E-state index in [4.69, 9.17) is 0 Å². The van der Waals surface area contributed by atoms with Crippen LogP contribution in [-0.2, 0) is 0 Å². The number of anilines is 6. The van der Waals surface area contributed by atoms with E-state index >= 15 is 0 Å². The van der Waals surface area contributed by atoms with Crippen LogP contribution in [0.2, 0.25) is 0 Å². The molecule has 0 amide bonds. The first-order valence-electron chi connectivity index (χ1n) is 20.1. The standard InChI is InChI=1S/C54H40Ge2N2/c1-7-23-41(24-8-1)55(42-25-9-2-10-26-42)47-35-19-21-37-51(47)57(45-31-15-5-16-32-45)53-40-54-50(39-49(53)55)56(43-27-11-3-12-28-43,44-29-13-4-14-30-44)48-36-20-22-38-52(48)58(54)46-33-17-6-18-34-46/h1-40H. The topological polar surface area (TPSA) is 6.48 Å². The molecular formula is C54H40Ge2N2. The summed E-state index contributed by atoms with van der Waals surface area (Å²) in [6, 6.07) is 91.9. The van der Waals surface area contributed by atoms with Crippen molar-refractivity contribution in [2.24, 2.45) is 0 Å². The van der Waals surface area contributed by atoms with Gasteiger partial charge in [0.25, 0.3) is 0 Å². The molecule has 4 heteroatoms. The fraction of sp³-hybridized carbons (Fsp3) is 0. The van der Waals surface area contributed by atoms with Gasteiger partial charge in [0.15, 0.2) is 0 Å². The second kappa shape index (κ2) is 14.2. The van der Waals surface area contributed by atoms with Gasteiger partial charge in [0.05, 0.1) is 0 Å². The quantitative estimate of drug-likeness (QED) is 0.157. The van der Waals surface area contributed by atoms with Gasteiger partial charge in [-0.1, -0.05) is 0 Å². The molecule has 58 heavy (non-hydrogen) atoms. The third-order valence-electron chi connectivity index (χ3n) is 12.4. The molecular weight excluding hydrogens is 822 g/mol. The summed E-state index contributed by atoms with van der Waals surface area (Å²) in [5, 5.41) is 0. The van der Waals surface area contributed by atoms with Gasteiger partial charge in [-0.2, -0.15) is 0 Å². The van der Waals surface area contributed by atoms with Gasteiger partial charge in [0.1, 0.15) is 0 Å². The van der Waals surface area contributed by atoms with Gasteiger partial charge >= 0.3 is 348 Å². The summed E-state index contributed by atoms with van der Waals surface area (Å²) in [4.78, 5) is 5.12. The molecule has 274 valence electrons. The molecule has 2 nitrogen and oxygen atoms in total. The van der Waals surface area contributed by atoms with E-state index in [0.717, 1.165) is 11.4 Å². The van der Waals surface area contributed by atoms with Crippen LogP contribution in [0.5, 0.6) is 0 Å². The zero-order valence-corrected chi connectivity index (χ0v) is 36.2. The van der Waals surface area contributed by atoms with Crippen LogP contribution in [-0.4, -0.2) is 26.5 Å². The van der Waals surface area contributed by atoms with Crippen LogP contribution in [0.1, 0.15) is 0 Å². The van der Waals surface area contributed by atoms with Crippen molar-refractivity contribution in [1.82, 2.24) is 0 Å². The van der Waals surface area contributed by atoms with Gasteiger partial charge in [0, 0.05) is 0 Å². The van der Waals surface area contributed by atoms with E-state index < -0.39 is 26.5 Å². The maximum absolute atomic E-state index is 3.82. The summed E-state index contributed by atoms with van der Waals surface area (Å²) in [6.07, 6.45) is 0. The second-order valence-corrected chi connectivity index (χ2v) is 30.9. The van der Waals surface area contributed by atoms with Crippen molar-refractivity contribution >= 4 is 95.8 Å². The monoisotopic (exact) mass is 864 g/mol. The van der Waals surface area contributed by atoms with E-state index in [9.17, 15) is 0 Å². The molecule has 0 N–H and O–H groups in total. The minimum atomic E-state index is -3.82. The Labute approximate surface area is 346 Å². The molecule has 0 aliphatic carbocycles. The summed E-state index contributed by atoms with van der Waals surface area (Å²) in [5.74, 6) is 0. The Balaban J connectivity index is 1.38. The van der Waals surface area contributed by atoms with Crippen molar-refractivity contribution in [3.8, 4) is 0 Å². The zero-order chi connectivity index (χ0) is 38.5. The number of benzene rings is 9. The molecule has 0 saturated heterocycles. The second-order valence-electron chi connectivity index (χ2n) is 15.2. The summed E-state index contributed by atoms with van der Waals surface area (Å²) >= 11 is -7.65. The Morgan fingerprint density at radius 1 is 0.224 bits per heavy atom. The summed E-state index contributed by atoms with van der Waals surface area (Å²) in [5.41, 5.74) is 7.36. The SMILES string of the molecule is c1ccc(N2c3cccc[c]3[Ge]([c]3ccccc3)([c]3ccccc3)[c]3c[c]4c(cc32)N(c2ccccc2)c2cccc[c]2[Ge]4([c]2ccccc2)[c]2ccccc2)cc1. The van der Waals surface area contributed by atoms with E-state index in [1.165, 1.54) is 57.9 Å². The normalized spacial score (nSPS) is 14.4. The van der Waals surface area contributed by atoms with Crippen molar-refractivity contribution in [3.63, 3.8) is 0 Å². The van der Waals surface area contributed by atoms with Crippen molar-refractivity contribution in [2.75, 3.05) is 9.80 Å². The maximum atomic E-state index is 2.75. The van der Waals surface area contributed by atoms with Gasteiger partial charge in [-0.3, -0.25) is 0 Å². The number of para-hydroxylation sites is 4. The molecule has 0 spiro atoms. The Hall–Kier alpha value is -6.33. The van der Waals surface area contributed by atoms with Crippen LogP contribution in [0.25, 0.3) is 0 Å². The van der Waals surface area contributed by atoms with Crippen LogP contribution in [0.3, 0.4) is 0 Å². The van der Waals surface area contributed by atoms with Crippen molar-refractivity contribution in [3.05, 3.63) is 243 Å². The van der Waals surface area contributed by atoms with Crippen LogP contribution in [0, 0.1) is 0 Å². The fourth-order valence-corrected chi connectivity index (χ4v) is 32.2. The average molecular weight is 862 g/mol. The summed E-state index contributed by atoms with van der Waals surface area (Å²) in [7, 11) is 0. The molecule has 0 aromatic heterocycles. The minimum absolute atomic E-state index is 1.16. The van der Waals surface area contributed by atoms with E-state index in [0.29, 0.717) is 0 Å². The Morgan fingerprint density at radius 3 is 0.828 bits per heavy atom. The number of hydrogen-bond donors (Lipinski definition) is 0. The summed E-state index contributed by atoms with van der Waals surface area (Å²) < 4.78 is 11.6. The third kappa shape index (κ3) is 5.11. The third-order valence-corrected chi connectivity index (χ3v) is 32.7. The Morgan fingerprint density at radius 2 is 0.500 bits per heavy atom. The number of rotatable bonds is 6. The fourth-order valence-electron chi connectivity index (χ4n) is 10.1. The first-order valence-corrected chi connectivity index (χ1v) is 28.5. The zero-order valence-electron chi connectivity index (χ0n) is 32.0. The molecule has 0 bridgehead atoms. The number of fused-ring (bicyclic) bond motifs is 4. The number of hydrogen-bond acceptors (Lipinski definition) is 2. The summed E-state index contributed by atoms with van der Waals surface area (Å²) in [6.45, 7) is 0. The molecule has 9 aromatic carbocycles. The van der Waals surface area contributed by atoms with Crippen LogP contribution in [0.15, 0.2) is 243 Å². The number of nitrogens with zero attached hydrogens (tertiary/aromatic N) is 2. The van der Waals surface area contributed by atoms with Gasteiger partial charge < -0.3 is 0 Å². The predicted molar refractivity (Wildman–Crippen MR) is 250 cm³/mol. The molecule has 0 fully saturated rings. The molecule has 2 heterocycles. The average Bonchev–Trinajstić information content (AvgIpc) is 3.31. The molecule has 2 aliphatic rings. The first kappa shape index (κ1) is 34.9. The Bertz CT molecular complexity index is 2610. The molecule has 11 rings (SSSR count). The first-order chi connectivity index (χ1) is 28.8. The van der Waals surface area contributed by atoms with Crippen molar-refractivity contribution in [1.29, 1.82) is 0 Å². The van der Waals surface area contributed by atoms with E-state index in [-0.39, 0.29) is 0 Å². The van der Waals surface area contributed by atoms with Crippen LogP contribution < -0.4 is 45.0 Å². The van der Waals surface area contributed by atoms with E-state index in [1.807, 2.05) is 0 Å². The predicted octanol–water partition coefficient (Wildman–Crippen LogP) is 8.01. The Kier molecular flexibility index (Phi) is 8.57. The molecule has 9 aromatic rings. The molecule has 0 unspecified atom stereocenters. The van der Waals surface area contributed by atoms with Crippen LogP contribution in [0.4, 0.5) is 34.1 Å². The molecule has 0 saturated carbocycles. The van der Waals surface area contributed by atoms with Crippen LogP contribution >= 0.6 is 0 Å².